The molecule has 1 fully saturated rings. The lowest BCUT2D eigenvalue weighted by Gasteiger charge is -2.38. The van der Waals surface area contributed by atoms with Gasteiger partial charge in [0, 0.05) is 17.5 Å². The average Bonchev–Trinajstić information content (AvgIpc) is 3.47. The monoisotopic (exact) mass is 499 g/mol. The number of thioether (sulfide) groups is 1. The topological polar surface area (TPSA) is 97.3 Å². The van der Waals surface area contributed by atoms with Crippen LogP contribution in [0.15, 0.2) is 84.0 Å². The third-order valence-corrected chi connectivity index (χ3v) is 7.30. The molecule has 0 spiro atoms. The van der Waals surface area contributed by atoms with Crippen LogP contribution in [0, 0.1) is 0 Å². The Kier molecular flexibility index (Phi) is 5.69. The van der Waals surface area contributed by atoms with E-state index in [-0.39, 0.29) is 12.5 Å². The molecule has 3 aliphatic heterocycles. The summed E-state index contributed by atoms with van der Waals surface area (Å²) in [6.07, 6.45) is 0.144. The van der Waals surface area contributed by atoms with Crippen molar-refractivity contribution in [2.45, 2.75) is 30.4 Å². The normalized spacial score (nSPS) is 22.3. The molecule has 1 N–H and O–H groups in total. The Labute approximate surface area is 211 Å². The molecule has 0 saturated carbocycles. The number of nitrogens with one attached hydrogen (secondary N) is 1. The third kappa shape index (κ3) is 4.22. The van der Waals surface area contributed by atoms with Gasteiger partial charge < -0.3 is 9.47 Å². The van der Waals surface area contributed by atoms with Crippen LogP contribution in [0.4, 0.5) is 4.79 Å². The van der Waals surface area contributed by atoms with Crippen LogP contribution in [-0.4, -0.2) is 33.1 Å². The van der Waals surface area contributed by atoms with Gasteiger partial charge >= 0.3 is 5.97 Å². The minimum atomic E-state index is -0.760. The van der Waals surface area contributed by atoms with Crippen LogP contribution < -0.4 is 14.8 Å². The predicted molar refractivity (Wildman–Crippen MR) is 134 cm³/mol. The van der Waals surface area contributed by atoms with Crippen LogP contribution in [-0.2, 0) is 9.59 Å². The van der Waals surface area contributed by atoms with E-state index >= 15 is 0 Å². The molecular weight excluding hydrogens is 478 g/mol. The molecule has 180 valence electrons. The van der Waals surface area contributed by atoms with Crippen molar-refractivity contribution in [1.29, 1.82) is 0 Å². The van der Waals surface area contributed by atoms with Crippen molar-refractivity contribution in [3.63, 3.8) is 0 Å². The fourth-order valence-electron chi connectivity index (χ4n) is 4.61. The number of hydrazone groups is 1. The molecule has 8 nitrogen and oxygen atoms in total. The Bertz CT molecular complexity index is 1380. The lowest BCUT2D eigenvalue weighted by atomic mass is 9.96. The molecule has 0 radical (unpaired) electrons. The molecule has 0 bridgehead atoms. The molecule has 3 aliphatic rings. The first-order chi connectivity index (χ1) is 17.5. The highest BCUT2D eigenvalue weighted by Crippen LogP contribution is 2.47. The highest BCUT2D eigenvalue weighted by atomic mass is 32.2. The molecule has 0 aliphatic carbocycles. The van der Waals surface area contributed by atoms with Crippen molar-refractivity contribution in [3.8, 4) is 11.5 Å². The number of fused-ring (bicyclic) bond motifs is 3. The van der Waals surface area contributed by atoms with E-state index in [1.165, 1.54) is 0 Å². The largest absolute Gasteiger partial charge is 0.464 e. The molecule has 9 heteroatoms. The molecule has 0 unspecified atom stereocenters. The summed E-state index contributed by atoms with van der Waals surface area (Å²) in [5.74, 6) is 0.124. The van der Waals surface area contributed by atoms with Gasteiger partial charge in [-0.05, 0) is 35.9 Å². The van der Waals surface area contributed by atoms with Gasteiger partial charge in [0.2, 0.25) is 12.1 Å². The van der Waals surface area contributed by atoms with E-state index in [2.05, 4.69) is 23.5 Å². The smallest absolute Gasteiger partial charge is 0.312 e. The fraction of sp³-hybridized carbons (Fsp3) is 0.185. The second-order valence-electron chi connectivity index (χ2n) is 8.65. The molecule has 1 saturated heterocycles. The first-order valence-electron chi connectivity index (χ1n) is 11.5. The van der Waals surface area contributed by atoms with E-state index in [0.717, 1.165) is 46.3 Å². The summed E-state index contributed by atoms with van der Waals surface area (Å²) in [5.41, 5.74) is 4.05. The van der Waals surface area contributed by atoms with Gasteiger partial charge in [-0.25, -0.2) is 5.01 Å². The van der Waals surface area contributed by atoms with Crippen molar-refractivity contribution in [2.24, 2.45) is 5.10 Å². The van der Waals surface area contributed by atoms with Gasteiger partial charge in [0.15, 0.2) is 0 Å². The van der Waals surface area contributed by atoms with E-state index in [4.69, 9.17) is 14.6 Å². The molecule has 2 amide bonds. The maximum Gasteiger partial charge on any atom is 0.312 e. The van der Waals surface area contributed by atoms with Crippen molar-refractivity contribution in [3.05, 3.63) is 95.6 Å². The Hall–Kier alpha value is -4.11. The van der Waals surface area contributed by atoms with Gasteiger partial charge in [0.25, 0.3) is 5.24 Å². The van der Waals surface area contributed by atoms with Gasteiger partial charge in [-0.2, -0.15) is 5.10 Å². The van der Waals surface area contributed by atoms with Crippen LogP contribution in [0.2, 0.25) is 0 Å². The summed E-state index contributed by atoms with van der Waals surface area (Å²) in [7, 11) is 0. The second-order valence-corrected chi connectivity index (χ2v) is 9.83. The Morgan fingerprint density at radius 1 is 1.03 bits per heavy atom. The zero-order chi connectivity index (χ0) is 24.6. The van der Waals surface area contributed by atoms with Gasteiger partial charge in [-0.1, -0.05) is 60.3 Å². The quantitative estimate of drug-likeness (QED) is 0.406. The van der Waals surface area contributed by atoms with Crippen LogP contribution in [0.3, 0.4) is 0 Å². The summed E-state index contributed by atoms with van der Waals surface area (Å²) in [5, 5.41) is 7.91. The number of amides is 2. The van der Waals surface area contributed by atoms with Crippen LogP contribution >= 0.6 is 11.8 Å². The third-order valence-electron chi connectivity index (χ3n) is 6.32. The number of para-hydroxylation sites is 1. The standard InChI is InChI=1S/C27H21N3O5S/c31-24(15-23-25(32)28-27(33)36-23)34-18-12-10-17(11-13-18)26-30-21(19-8-4-5-9-22(19)35-26)14-20(29-30)16-6-2-1-3-7-16/h1-13,21,23,26H,14-15H2,(H,28,32,33)/t21-,23-,26-/m0/s1. The highest BCUT2D eigenvalue weighted by molar-refractivity contribution is 8.15. The zero-order valence-corrected chi connectivity index (χ0v) is 19.8. The lowest BCUT2D eigenvalue weighted by molar-refractivity contribution is -0.135. The Morgan fingerprint density at radius 2 is 1.78 bits per heavy atom. The number of rotatable bonds is 5. The number of ether oxygens (including phenoxy) is 2. The summed E-state index contributed by atoms with van der Waals surface area (Å²) in [6.45, 7) is 0. The molecule has 3 aromatic carbocycles. The maximum atomic E-state index is 12.3. The first kappa shape index (κ1) is 22.4. The van der Waals surface area contributed by atoms with Crippen LogP contribution in [0.1, 0.15) is 41.8 Å². The van der Waals surface area contributed by atoms with E-state index in [1.807, 2.05) is 53.5 Å². The molecule has 3 heterocycles. The van der Waals surface area contributed by atoms with Crippen LogP contribution in [0.25, 0.3) is 0 Å². The Balaban J connectivity index is 1.22. The van der Waals surface area contributed by atoms with E-state index < -0.39 is 28.6 Å². The van der Waals surface area contributed by atoms with Crippen molar-refractivity contribution in [2.75, 3.05) is 0 Å². The fourth-order valence-corrected chi connectivity index (χ4v) is 5.42. The minimum absolute atomic E-state index is 0.0467. The van der Waals surface area contributed by atoms with Gasteiger partial charge in [-0.15, -0.1) is 0 Å². The average molecular weight is 500 g/mol. The van der Waals surface area contributed by atoms with Crippen molar-refractivity contribution < 1.29 is 23.9 Å². The summed E-state index contributed by atoms with van der Waals surface area (Å²) in [4.78, 5) is 35.3. The number of carbonyl (C=O) groups is 3. The summed E-state index contributed by atoms with van der Waals surface area (Å²) < 4.78 is 11.8. The van der Waals surface area contributed by atoms with E-state index in [0.29, 0.717) is 5.75 Å². The molecule has 3 atom stereocenters. The molecule has 0 aromatic heterocycles. The minimum Gasteiger partial charge on any atom is -0.464 e. The summed E-state index contributed by atoms with van der Waals surface area (Å²) >= 11 is 0.801. The van der Waals surface area contributed by atoms with Gasteiger partial charge in [0.1, 0.15) is 16.7 Å². The molecule has 6 rings (SSSR count). The number of carbonyl (C=O) groups excluding carboxylic acids is 3. The van der Waals surface area contributed by atoms with Crippen molar-refractivity contribution in [1.82, 2.24) is 10.3 Å². The molecule has 36 heavy (non-hydrogen) atoms. The van der Waals surface area contributed by atoms with Gasteiger partial charge in [-0.3, -0.25) is 19.7 Å². The number of imide groups is 1. The molecular formula is C27H21N3O5S. The lowest BCUT2D eigenvalue weighted by Crippen LogP contribution is -2.33. The van der Waals surface area contributed by atoms with E-state index in [1.54, 1.807) is 12.1 Å². The first-order valence-corrected chi connectivity index (χ1v) is 12.4. The number of hydrogen-bond donors (Lipinski definition) is 1. The molecule has 3 aromatic rings. The number of hydrogen-bond acceptors (Lipinski definition) is 8. The zero-order valence-electron chi connectivity index (χ0n) is 19.0. The number of esters is 1. The number of benzene rings is 3. The predicted octanol–water partition coefficient (Wildman–Crippen LogP) is 4.58. The van der Waals surface area contributed by atoms with E-state index in [9.17, 15) is 14.4 Å². The van der Waals surface area contributed by atoms with Gasteiger partial charge in [0.05, 0.1) is 18.2 Å². The Morgan fingerprint density at radius 3 is 2.53 bits per heavy atom. The SMILES string of the molecule is O=C(C[C@@H]1SC(=O)NC1=O)Oc1ccc([C@@H]2Oc3ccccc3[C@@H]3CC(c4ccccc4)=NN32)cc1. The highest BCUT2D eigenvalue weighted by Gasteiger charge is 2.41. The maximum absolute atomic E-state index is 12.3. The van der Waals surface area contributed by atoms with Crippen molar-refractivity contribution >= 4 is 34.6 Å². The van der Waals surface area contributed by atoms with Crippen LogP contribution in [0.5, 0.6) is 11.5 Å². The summed E-state index contributed by atoms with van der Waals surface area (Å²) in [6, 6.07) is 25.2. The second kappa shape index (κ2) is 9.16. The number of nitrogens with zero attached hydrogens (tertiary/aromatic N) is 2.